The van der Waals surface area contributed by atoms with E-state index in [0.717, 1.165) is 0 Å². The van der Waals surface area contributed by atoms with E-state index < -0.39 is 10.0 Å². The molecule has 0 aliphatic carbocycles. The van der Waals surface area contributed by atoms with E-state index in [2.05, 4.69) is 5.32 Å². The van der Waals surface area contributed by atoms with Gasteiger partial charge in [0, 0.05) is 5.69 Å². The van der Waals surface area contributed by atoms with Crippen LogP contribution in [0.2, 0.25) is 5.02 Å². The van der Waals surface area contributed by atoms with Crippen LogP contribution < -0.4 is 10.5 Å². The molecule has 0 radical (unpaired) electrons. The number of carbonyl (C=O) groups is 1. The molecule has 0 saturated carbocycles. The van der Waals surface area contributed by atoms with E-state index in [-0.39, 0.29) is 22.2 Å². The van der Waals surface area contributed by atoms with E-state index in [9.17, 15) is 13.2 Å². The highest BCUT2D eigenvalue weighted by Gasteiger charge is 2.22. The molecule has 0 saturated heterocycles. The van der Waals surface area contributed by atoms with Gasteiger partial charge >= 0.3 is 0 Å². The molecule has 2 rings (SSSR count). The topological polar surface area (TPSA) is 89.3 Å². The van der Waals surface area contributed by atoms with Gasteiger partial charge in [0.1, 0.15) is 4.90 Å². The van der Waals surface area contributed by atoms with Crippen molar-refractivity contribution < 1.29 is 13.2 Å². The maximum atomic E-state index is 11.1. The molecule has 15 heavy (non-hydrogen) atoms. The Hall–Kier alpha value is -1.11. The van der Waals surface area contributed by atoms with E-state index in [1.807, 2.05) is 0 Å². The smallest absolute Gasteiger partial charge is 0.239 e. The normalized spacial score (nSPS) is 14.9. The number of rotatable bonds is 1. The molecule has 1 aromatic rings. The fourth-order valence-electron chi connectivity index (χ4n) is 1.44. The number of hydrogen-bond acceptors (Lipinski definition) is 3. The molecule has 0 bridgehead atoms. The number of sulfonamides is 1. The Kier molecular flexibility index (Phi) is 2.22. The van der Waals surface area contributed by atoms with Gasteiger partial charge in [-0.2, -0.15) is 0 Å². The number of nitrogens with two attached hydrogens (primary N) is 1. The number of fused-ring (bicyclic) bond motifs is 1. The molecule has 1 aromatic carbocycles. The number of anilines is 1. The first-order chi connectivity index (χ1) is 6.88. The standard InChI is InChI=1S/C8H7ClN2O3S/c9-5-3-6-4(2-8(12)11-6)1-7(5)15(10,13)14/h1,3H,2H2,(H,11,12)(H2,10,13,14). The van der Waals surface area contributed by atoms with Crippen LogP contribution in [0.15, 0.2) is 17.0 Å². The van der Waals surface area contributed by atoms with Gasteiger partial charge in [0.2, 0.25) is 15.9 Å². The van der Waals surface area contributed by atoms with Crippen LogP contribution in [0.5, 0.6) is 0 Å². The van der Waals surface area contributed by atoms with Gasteiger partial charge in [0.05, 0.1) is 11.4 Å². The lowest BCUT2D eigenvalue weighted by Gasteiger charge is -2.04. The molecule has 5 nitrogen and oxygen atoms in total. The average Bonchev–Trinajstić information content (AvgIpc) is 2.40. The van der Waals surface area contributed by atoms with Crippen LogP contribution in [0.4, 0.5) is 5.69 Å². The second-order valence-electron chi connectivity index (χ2n) is 3.21. The fraction of sp³-hybridized carbons (Fsp3) is 0.125. The Morgan fingerprint density at radius 3 is 2.67 bits per heavy atom. The van der Waals surface area contributed by atoms with Gasteiger partial charge in [-0.1, -0.05) is 11.6 Å². The van der Waals surface area contributed by atoms with E-state index in [0.29, 0.717) is 11.3 Å². The third-order valence-corrected chi connectivity index (χ3v) is 3.46. The van der Waals surface area contributed by atoms with Crippen LogP contribution in [-0.2, 0) is 21.2 Å². The predicted octanol–water partition coefficient (Wildman–Crippen LogP) is 0.482. The summed E-state index contributed by atoms with van der Waals surface area (Å²) in [6.45, 7) is 0. The van der Waals surface area contributed by atoms with Crippen LogP contribution in [0, 0.1) is 0 Å². The van der Waals surface area contributed by atoms with Gasteiger partial charge in [0.15, 0.2) is 0 Å². The maximum absolute atomic E-state index is 11.1. The highest BCUT2D eigenvalue weighted by molar-refractivity contribution is 7.89. The SMILES string of the molecule is NS(=O)(=O)c1cc2c(cc1Cl)NC(=O)C2. The monoisotopic (exact) mass is 246 g/mol. The molecule has 0 aromatic heterocycles. The van der Waals surface area contributed by atoms with Crippen LogP contribution in [0.1, 0.15) is 5.56 Å². The van der Waals surface area contributed by atoms with Crippen molar-refractivity contribution in [3.05, 3.63) is 22.7 Å². The summed E-state index contributed by atoms with van der Waals surface area (Å²) >= 11 is 5.73. The Morgan fingerprint density at radius 2 is 2.07 bits per heavy atom. The predicted molar refractivity (Wildman–Crippen MR) is 55.2 cm³/mol. The van der Waals surface area contributed by atoms with Crippen molar-refractivity contribution in [1.29, 1.82) is 0 Å². The molecule has 80 valence electrons. The zero-order valence-electron chi connectivity index (χ0n) is 7.45. The molecular formula is C8H7ClN2O3S. The number of hydrogen-bond donors (Lipinski definition) is 2. The largest absolute Gasteiger partial charge is 0.325 e. The minimum absolute atomic E-state index is 0.0125. The third-order valence-electron chi connectivity index (χ3n) is 2.09. The quantitative estimate of drug-likeness (QED) is 0.755. The molecule has 3 N–H and O–H groups in total. The molecule has 0 spiro atoms. The zero-order valence-corrected chi connectivity index (χ0v) is 9.02. The summed E-state index contributed by atoms with van der Waals surface area (Å²) in [7, 11) is -3.84. The summed E-state index contributed by atoms with van der Waals surface area (Å²) in [6, 6.07) is 2.71. The lowest BCUT2D eigenvalue weighted by molar-refractivity contribution is -0.115. The lowest BCUT2D eigenvalue weighted by Crippen LogP contribution is -2.13. The maximum Gasteiger partial charge on any atom is 0.239 e. The molecule has 1 aliphatic rings. The molecule has 0 atom stereocenters. The number of primary sulfonamides is 1. The minimum atomic E-state index is -3.84. The molecule has 7 heteroatoms. The molecular weight excluding hydrogens is 240 g/mol. The van der Waals surface area contributed by atoms with Gasteiger partial charge in [-0.3, -0.25) is 4.79 Å². The highest BCUT2D eigenvalue weighted by Crippen LogP contribution is 2.31. The number of nitrogens with one attached hydrogen (secondary N) is 1. The lowest BCUT2D eigenvalue weighted by atomic mass is 10.2. The first-order valence-corrected chi connectivity index (χ1v) is 5.95. The van der Waals surface area contributed by atoms with Gasteiger partial charge in [-0.05, 0) is 17.7 Å². The van der Waals surface area contributed by atoms with Crippen LogP contribution in [-0.4, -0.2) is 14.3 Å². The van der Waals surface area contributed by atoms with Crippen LogP contribution in [0.25, 0.3) is 0 Å². The van der Waals surface area contributed by atoms with Gasteiger partial charge < -0.3 is 5.32 Å². The van der Waals surface area contributed by atoms with Crippen molar-refractivity contribution in [2.75, 3.05) is 5.32 Å². The summed E-state index contributed by atoms with van der Waals surface area (Å²) < 4.78 is 22.2. The molecule has 1 aliphatic heterocycles. The van der Waals surface area contributed by atoms with Crippen molar-refractivity contribution in [1.82, 2.24) is 0 Å². The van der Waals surface area contributed by atoms with Crippen molar-refractivity contribution >= 4 is 33.2 Å². The Balaban J connectivity index is 2.64. The second-order valence-corrected chi connectivity index (χ2v) is 5.15. The Labute approximate surface area is 91.3 Å². The minimum Gasteiger partial charge on any atom is -0.325 e. The molecule has 1 heterocycles. The molecule has 1 amide bonds. The van der Waals surface area contributed by atoms with Crippen molar-refractivity contribution in [3.63, 3.8) is 0 Å². The summed E-state index contributed by atoms with van der Waals surface area (Å²) in [5, 5.41) is 7.54. The average molecular weight is 247 g/mol. The van der Waals surface area contributed by atoms with Crippen molar-refractivity contribution in [2.24, 2.45) is 5.14 Å². The summed E-state index contributed by atoms with van der Waals surface area (Å²) in [4.78, 5) is 10.9. The summed E-state index contributed by atoms with van der Waals surface area (Å²) in [6.07, 6.45) is 0.148. The van der Waals surface area contributed by atoms with E-state index in [1.165, 1.54) is 12.1 Å². The fourth-order valence-corrected chi connectivity index (χ4v) is 2.57. The summed E-state index contributed by atoms with van der Waals surface area (Å²) in [5.74, 6) is -0.187. The number of carbonyl (C=O) groups excluding carboxylic acids is 1. The zero-order chi connectivity index (χ0) is 11.2. The Morgan fingerprint density at radius 1 is 1.40 bits per heavy atom. The second kappa shape index (κ2) is 3.19. The Bertz CT molecular complexity index is 553. The van der Waals surface area contributed by atoms with Crippen molar-refractivity contribution in [3.8, 4) is 0 Å². The number of halogens is 1. The summed E-state index contributed by atoms with van der Waals surface area (Å²) in [5.41, 5.74) is 1.13. The number of amides is 1. The van der Waals surface area contributed by atoms with Gasteiger partial charge in [0.25, 0.3) is 0 Å². The van der Waals surface area contributed by atoms with Gasteiger partial charge in [-0.15, -0.1) is 0 Å². The van der Waals surface area contributed by atoms with Crippen LogP contribution >= 0.6 is 11.6 Å². The third kappa shape index (κ3) is 1.83. The van der Waals surface area contributed by atoms with E-state index in [4.69, 9.17) is 16.7 Å². The van der Waals surface area contributed by atoms with E-state index in [1.54, 1.807) is 0 Å². The molecule has 0 fully saturated rings. The van der Waals surface area contributed by atoms with E-state index >= 15 is 0 Å². The van der Waals surface area contributed by atoms with Crippen molar-refractivity contribution in [2.45, 2.75) is 11.3 Å². The highest BCUT2D eigenvalue weighted by atomic mass is 35.5. The number of benzene rings is 1. The first-order valence-electron chi connectivity index (χ1n) is 4.03. The first kappa shape index (κ1) is 10.4. The van der Waals surface area contributed by atoms with Crippen LogP contribution in [0.3, 0.4) is 0 Å². The van der Waals surface area contributed by atoms with Gasteiger partial charge in [-0.25, -0.2) is 13.6 Å². The molecule has 0 unspecified atom stereocenters.